The van der Waals surface area contributed by atoms with Crippen LogP contribution >= 0.6 is 0 Å². The normalized spacial score (nSPS) is 14.0. The van der Waals surface area contributed by atoms with E-state index < -0.39 is 0 Å². The molecule has 0 fully saturated rings. The predicted octanol–water partition coefficient (Wildman–Crippen LogP) is 8.66. The van der Waals surface area contributed by atoms with Gasteiger partial charge in [-0.3, -0.25) is 0 Å². The highest BCUT2D eigenvalue weighted by Crippen LogP contribution is 2.44. The van der Waals surface area contributed by atoms with Crippen LogP contribution in [0.4, 0.5) is 0 Å². The molecule has 0 bridgehead atoms. The van der Waals surface area contributed by atoms with Crippen molar-refractivity contribution in [1.82, 2.24) is 0 Å². The van der Waals surface area contributed by atoms with E-state index in [1.165, 1.54) is 18.4 Å². The maximum atomic E-state index is 11.2. The lowest BCUT2D eigenvalue weighted by Gasteiger charge is -2.30. The maximum Gasteiger partial charge on any atom is 0.131 e. The van der Waals surface area contributed by atoms with E-state index in [0.29, 0.717) is 28.0 Å². The molecular weight excluding hydrogens is 380 g/mol. The molecule has 2 nitrogen and oxygen atoms in total. The lowest BCUT2D eigenvalue weighted by molar-refractivity contribution is 0.235. The fraction of sp³-hybridized carbons (Fsp3) is 0.517. The molecular formula is C29H40O2. The van der Waals surface area contributed by atoms with Crippen molar-refractivity contribution >= 4 is 21.5 Å². The van der Waals surface area contributed by atoms with E-state index >= 15 is 0 Å². The summed E-state index contributed by atoms with van der Waals surface area (Å²) in [5.74, 6) is 1.57. The van der Waals surface area contributed by atoms with E-state index in [1.54, 1.807) is 0 Å². The van der Waals surface area contributed by atoms with E-state index in [-0.39, 0.29) is 16.9 Å². The Kier molecular flexibility index (Phi) is 6.33. The van der Waals surface area contributed by atoms with Gasteiger partial charge in [0, 0.05) is 21.5 Å². The van der Waals surface area contributed by atoms with Crippen molar-refractivity contribution in [2.45, 2.75) is 86.0 Å². The highest BCUT2D eigenvalue weighted by molar-refractivity contribution is 6.10. The summed E-state index contributed by atoms with van der Waals surface area (Å²) in [7, 11) is 0. The zero-order chi connectivity index (χ0) is 23.1. The molecule has 2 heteroatoms. The van der Waals surface area contributed by atoms with Crippen LogP contribution in [0.1, 0.15) is 91.7 Å². The van der Waals surface area contributed by atoms with Crippen molar-refractivity contribution in [2.24, 2.45) is 11.3 Å². The van der Waals surface area contributed by atoms with Crippen LogP contribution in [0.15, 0.2) is 36.4 Å². The van der Waals surface area contributed by atoms with Gasteiger partial charge in [-0.1, -0.05) is 92.5 Å². The lowest BCUT2D eigenvalue weighted by Crippen LogP contribution is -2.20. The van der Waals surface area contributed by atoms with Crippen LogP contribution < -0.4 is 0 Å². The van der Waals surface area contributed by atoms with Crippen LogP contribution in [0.25, 0.3) is 21.5 Å². The molecule has 0 spiro atoms. The van der Waals surface area contributed by atoms with Gasteiger partial charge in [0.05, 0.1) is 0 Å². The van der Waals surface area contributed by atoms with E-state index in [0.717, 1.165) is 22.8 Å². The van der Waals surface area contributed by atoms with Crippen LogP contribution in [0, 0.1) is 11.3 Å². The van der Waals surface area contributed by atoms with Crippen molar-refractivity contribution in [3.8, 4) is 11.5 Å². The Balaban J connectivity index is 1.99. The van der Waals surface area contributed by atoms with Gasteiger partial charge in [-0.25, -0.2) is 0 Å². The molecule has 3 aromatic rings. The number of phenols is 2. The second-order valence-electron chi connectivity index (χ2n) is 11.5. The van der Waals surface area contributed by atoms with Gasteiger partial charge < -0.3 is 10.2 Å². The molecule has 1 unspecified atom stereocenters. The molecule has 2 N–H and O–H groups in total. The number of phenolic OH excluding ortho intramolecular Hbond substituents is 2. The summed E-state index contributed by atoms with van der Waals surface area (Å²) >= 11 is 0. The quantitative estimate of drug-likeness (QED) is 0.309. The Morgan fingerprint density at radius 2 is 1.29 bits per heavy atom. The van der Waals surface area contributed by atoms with Gasteiger partial charge in [-0.2, -0.15) is 0 Å². The van der Waals surface area contributed by atoms with Crippen LogP contribution in [0.3, 0.4) is 0 Å². The van der Waals surface area contributed by atoms with Crippen molar-refractivity contribution in [1.29, 1.82) is 0 Å². The van der Waals surface area contributed by atoms with Crippen molar-refractivity contribution in [3.63, 3.8) is 0 Å². The molecule has 3 aromatic carbocycles. The predicted molar refractivity (Wildman–Crippen MR) is 134 cm³/mol. The molecule has 3 rings (SSSR count). The third-order valence-electron chi connectivity index (χ3n) is 7.45. The Bertz CT molecular complexity index is 1080. The number of benzene rings is 3. The minimum Gasteiger partial charge on any atom is -0.507 e. The van der Waals surface area contributed by atoms with Crippen molar-refractivity contribution in [3.05, 3.63) is 47.5 Å². The van der Waals surface area contributed by atoms with E-state index in [1.807, 2.05) is 24.3 Å². The lowest BCUT2D eigenvalue weighted by atomic mass is 9.75. The summed E-state index contributed by atoms with van der Waals surface area (Å²) in [5.41, 5.74) is 2.71. The van der Waals surface area contributed by atoms with Crippen LogP contribution in [-0.2, 0) is 5.41 Å². The Labute approximate surface area is 188 Å². The number of fused-ring (bicyclic) bond motifs is 2. The number of hydrogen-bond acceptors (Lipinski definition) is 2. The summed E-state index contributed by atoms with van der Waals surface area (Å²) in [6.45, 7) is 18.1. The first kappa shape index (κ1) is 23.4. The Hall–Kier alpha value is -2.22. The second kappa shape index (κ2) is 8.37. The number of rotatable bonds is 6. The molecule has 0 aliphatic heterocycles. The van der Waals surface area contributed by atoms with Gasteiger partial charge in [0.2, 0.25) is 0 Å². The molecule has 1 atom stereocenters. The summed E-state index contributed by atoms with van der Waals surface area (Å²) in [5, 5.41) is 25.0. The van der Waals surface area contributed by atoms with Gasteiger partial charge in [0.1, 0.15) is 11.5 Å². The number of aromatic hydroxyl groups is 2. The highest BCUT2D eigenvalue weighted by Gasteiger charge is 2.25. The van der Waals surface area contributed by atoms with Gasteiger partial charge in [-0.05, 0) is 52.3 Å². The Morgan fingerprint density at radius 1 is 0.742 bits per heavy atom. The SMILES string of the molecule is CC(C)c1ccc2c(O)c3ccc(C(C)(C)CCCC(C)C(C)(C)C)cc3c(O)c2c1. The average Bonchev–Trinajstić information content (AvgIpc) is 2.70. The largest absolute Gasteiger partial charge is 0.507 e. The van der Waals surface area contributed by atoms with Gasteiger partial charge in [0.25, 0.3) is 0 Å². The fourth-order valence-corrected chi connectivity index (χ4v) is 4.41. The molecule has 0 heterocycles. The first-order valence-corrected chi connectivity index (χ1v) is 11.7. The standard InChI is InChI=1S/C29H40O2/c1-18(2)20-11-13-22-24(16-20)27(31)25-17-21(12-14-23(25)26(22)30)29(7,8)15-9-10-19(3)28(4,5)6/h11-14,16-19,30-31H,9-10,15H2,1-8H3. The molecule has 168 valence electrons. The maximum absolute atomic E-state index is 11.2. The monoisotopic (exact) mass is 420 g/mol. The molecule has 0 amide bonds. The van der Waals surface area contributed by atoms with E-state index in [4.69, 9.17) is 0 Å². The van der Waals surface area contributed by atoms with Crippen LogP contribution in [-0.4, -0.2) is 10.2 Å². The molecule has 0 aromatic heterocycles. The first-order chi connectivity index (χ1) is 14.3. The summed E-state index contributed by atoms with van der Waals surface area (Å²) in [4.78, 5) is 0. The topological polar surface area (TPSA) is 40.5 Å². The zero-order valence-corrected chi connectivity index (χ0v) is 20.6. The second-order valence-corrected chi connectivity index (χ2v) is 11.5. The molecule has 0 saturated carbocycles. The molecule has 31 heavy (non-hydrogen) atoms. The van der Waals surface area contributed by atoms with Gasteiger partial charge >= 0.3 is 0 Å². The van der Waals surface area contributed by atoms with Crippen LogP contribution in [0.2, 0.25) is 0 Å². The highest BCUT2D eigenvalue weighted by atomic mass is 16.3. The Morgan fingerprint density at radius 3 is 1.87 bits per heavy atom. The van der Waals surface area contributed by atoms with Crippen molar-refractivity contribution in [2.75, 3.05) is 0 Å². The fourth-order valence-electron chi connectivity index (χ4n) is 4.41. The smallest absolute Gasteiger partial charge is 0.131 e. The van der Waals surface area contributed by atoms with E-state index in [9.17, 15) is 10.2 Å². The van der Waals surface area contributed by atoms with Crippen molar-refractivity contribution < 1.29 is 10.2 Å². The molecule has 0 saturated heterocycles. The third-order valence-corrected chi connectivity index (χ3v) is 7.45. The van der Waals surface area contributed by atoms with Crippen LogP contribution in [0.5, 0.6) is 11.5 Å². The summed E-state index contributed by atoms with van der Waals surface area (Å²) < 4.78 is 0. The van der Waals surface area contributed by atoms with E-state index in [2.05, 4.69) is 67.5 Å². The minimum atomic E-state index is 0.00257. The molecule has 0 radical (unpaired) electrons. The zero-order valence-electron chi connectivity index (χ0n) is 20.6. The minimum absolute atomic E-state index is 0.00257. The first-order valence-electron chi connectivity index (χ1n) is 11.7. The number of hydrogen-bond donors (Lipinski definition) is 2. The average molecular weight is 421 g/mol. The third kappa shape index (κ3) is 4.68. The summed E-state index contributed by atoms with van der Waals surface area (Å²) in [6.07, 6.45) is 3.49. The van der Waals surface area contributed by atoms with Gasteiger partial charge in [0.15, 0.2) is 0 Å². The molecule has 0 aliphatic rings. The summed E-state index contributed by atoms with van der Waals surface area (Å²) in [6, 6.07) is 12.1. The molecule has 0 aliphatic carbocycles. The van der Waals surface area contributed by atoms with Gasteiger partial charge in [-0.15, -0.1) is 0 Å².